The summed E-state index contributed by atoms with van der Waals surface area (Å²) >= 11 is 0. The van der Waals surface area contributed by atoms with Crippen LogP contribution in [0, 0.1) is 0 Å². The van der Waals surface area contributed by atoms with E-state index in [0.717, 1.165) is 28.2 Å². The third-order valence-corrected chi connectivity index (χ3v) is 8.11. The second-order valence-electron chi connectivity index (χ2n) is 10.1. The number of hydrogen-bond donors (Lipinski definition) is 0. The number of rotatable bonds is 4. The molecule has 0 saturated carbocycles. The summed E-state index contributed by atoms with van der Waals surface area (Å²) in [6, 6.07) is 38.9. The molecule has 0 bridgehead atoms. The molecule has 3 heteroatoms. The number of furan rings is 1. The highest BCUT2D eigenvalue weighted by Gasteiger charge is 2.25. The monoisotopic (exact) mass is 514 g/mol. The van der Waals surface area contributed by atoms with Crippen LogP contribution in [0.3, 0.4) is 0 Å². The third kappa shape index (κ3) is 3.00. The number of allylic oxidation sites excluding steroid dienone is 3. The molecule has 0 radical (unpaired) electrons. The van der Waals surface area contributed by atoms with Crippen LogP contribution in [-0.2, 0) is 0 Å². The first-order valence-corrected chi connectivity index (χ1v) is 13.6. The molecule has 3 aromatic heterocycles. The SMILES string of the molecule is C=C/C(=C\C)n1c2ccc(-c3ccco3)cc2c2c1c1c3ccccc3c3ccccc3c1n2-c1ccccc1. The van der Waals surface area contributed by atoms with Crippen LogP contribution in [0.2, 0.25) is 0 Å². The van der Waals surface area contributed by atoms with Gasteiger partial charge in [-0.15, -0.1) is 0 Å². The minimum atomic E-state index is 0.857. The highest BCUT2D eigenvalue weighted by Crippen LogP contribution is 2.47. The van der Waals surface area contributed by atoms with Crippen molar-refractivity contribution in [2.75, 3.05) is 0 Å². The first-order valence-electron chi connectivity index (χ1n) is 13.6. The van der Waals surface area contributed by atoms with Gasteiger partial charge in [0.1, 0.15) is 5.76 Å². The minimum Gasteiger partial charge on any atom is -0.464 e. The molecule has 0 aliphatic heterocycles. The summed E-state index contributed by atoms with van der Waals surface area (Å²) in [6.07, 6.45) is 5.82. The van der Waals surface area contributed by atoms with Crippen molar-refractivity contribution in [3.63, 3.8) is 0 Å². The molecule has 0 atom stereocenters. The van der Waals surface area contributed by atoms with Gasteiger partial charge >= 0.3 is 0 Å². The molecule has 0 amide bonds. The van der Waals surface area contributed by atoms with Gasteiger partial charge in [0.25, 0.3) is 0 Å². The van der Waals surface area contributed by atoms with Crippen molar-refractivity contribution in [1.82, 2.24) is 9.13 Å². The molecule has 0 saturated heterocycles. The van der Waals surface area contributed by atoms with Gasteiger partial charge in [-0.2, -0.15) is 0 Å². The van der Waals surface area contributed by atoms with Crippen LogP contribution in [-0.4, -0.2) is 9.13 Å². The van der Waals surface area contributed by atoms with E-state index in [4.69, 9.17) is 4.42 Å². The van der Waals surface area contributed by atoms with Crippen molar-refractivity contribution in [3.05, 3.63) is 134 Å². The Hall–Kier alpha value is -5.28. The molecule has 3 heterocycles. The fourth-order valence-electron chi connectivity index (χ4n) is 6.48. The highest BCUT2D eigenvalue weighted by molar-refractivity contribution is 6.34. The molecule has 0 fully saturated rings. The molecular weight excluding hydrogens is 488 g/mol. The second kappa shape index (κ2) is 8.62. The summed E-state index contributed by atoms with van der Waals surface area (Å²) in [5.41, 5.74) is 7.94. The van der Waals surface area contributed by atoms with Gasteiger partial charge in [0, 0.05) is 33.1 Å². The Labute approximate surface area is 231 Å². The Bertz CT molecular complexity index is 2280. The predicted molar refractivity (Wildman–Crippen MR) is 169 cm³/mol. The van der Waals surface area contributed by atoms with Crippen molar-refractivity contribution in [2.45, 2.75) is 6.92 Å². The lowest BCUT2D eigenvalue weighted by atomic mass is 9.97. The fraction of sp³-hybridized carbons (Fsp3) is 0.0270. The molecule has 5 aromatic carbocycles. The van der Waals surface area contributed by atoms with E-state index >= 15 is 0 Å². The smallest absolute Gasteiger partial charge is 0.133 e. The molecule has 0 unspecified atom stereocenters. The molecule has 0 spiro atoms. The number of para-hydroxylation sites is 1. The van der Waals surface area contributed by atoms with Crippen LogP contribution in [0.15, 0.2) is 139 Å². The number of fused-ring (bicyclic) bond motifs is 10. The average molecular weight is 515 g/mol. The van der Waals surface area contributed by atoms with Gasteiger partial charge in [0.05, 0.1) is 28.3 Å². The molecule has 8 aromatic rings. The summed E-state index contributed by atoms with van der Waals surface area (Å²) in [7, 11) is 0. The Balaban J connectivity index is 1.74. The largest absolute Gasteiger partial charge is 0.464 e. The van der Waals surface area contributed by atoms with Gasteiger partial charge in [0.2, 0.25) is 0 Å². The summed E-state index contributed by atoms with van der Waals surface area (Å²) < 4.78 is 10.7. The summed E-state index contributed by atoms with van der Waals surface area (Å²) in [5, 5.41) is 7.39. The predicted octanol–water partition coefficient (Wildman–Crippen LogP) is 10.4. The van der Waals surface area contributed by atoms with Gasteiger partial charge in [-0.25, -0.2) is 0 Å². The lowest BCUT2D eigenvalue weighted by Gasteiger charge is -2.14. The summed E-state index contributed by atoms with van der Waals surface area (Å²) in [5.74, 6) is 0.857. The molecule has 3 nitrogen and oxygen atoms in total. The minimum absolute atomic E-state index is 0.857. The lowest BCUT2D eigenvalue weighted by Crippen LogP contribution is -1.95. The normalized spacial score (nSPS) is 12.4. The molecule has 190 valence electrons. The summed E-state index contributed by atoms with van der Waals surface area (Å²) in [4.78, 5) is 0. The standard InChI is InChI=1S/C37H26N2O/c1-3-25(4-2)38-32-21-20-24(33-19-12-22-40-33)23-31(32)36-37(38)34-29-17-10-8-15-27(29)28-16-9-11-18-30(28)35(34)39(36)26-13-6-5-7-14-26/h3-23H,1H2,2H3/b25-4+. The van der Waals surface area contributed by atoms with Gasteiger partial charge in [-0.05, 0) is 71.6 Å². The molecular formula is C37H26N2O. The maximum Gasteiger partial charge on any atom is 0.133 e. The van der Waals surface area contributed by atoms with Crippen molar-refractivity contribution in [3.8, 4) is 17.0 Å². The van der Waals surface area contributed by atoms with Crippen molar-refractivity contribution in [2.24, 2.45) is 0 Å². The van der Waals surface area contributed by atoms with Crippen LogP contribution < -0.4 is 0 Å². The van der Waals surface area contributed by atoms with Crippen LogP contribution in [0.5, 0.6) is 0 Å². The Kier molecular flexibility index (Phi) is 4.89. The van der Waals surface area contributed by atoms with E-state index in [2.05, 4.69) is 126 Å². The van der Waals surface area contributed by atoms with Gasteiger partial charge in [0.15, 0.2) is 0 Å². The third-order valence-electron chi connectivity index (χ3n) is 8.11. The van der Waals surface area contributed by atoms with Crippen LogP contribution in [0.4, 0.5) is 0 Å². The van der Waals surface area contributed by atoms with Crippen LogP contribution in [0.25, 0.3) is 77.1 Å². The lowest BCUT2D eigenvalue weighted by molar-refractivity contribution is 0.582. The molecule has 8 rings (SSSR count). The maximum atomic E-state index is 5.83. The van der Waals surface area contributed by atoms with Crippen LogP contribution in [0.1, 0.15) is 6.92 Å². The molecule has 0 N–H and O–H groups in total. The van der Waals surface area contributed by atoms with E-state index in [0.29, 0.717) is 0 Å². The second-order valence-corrected chi connectivity index (χ2v) is 10.1. The van der Waals surface area contributed by atoms with E-state index < -0.39 is 0 Å². The Morgan fingerprint density at radius 3 is 2.08 bits per heavy atom. The topological polar surface area (TPSA) is 23.0 Å². The average Bonchev–Trinajstić information content (AvgIpc) is 3.74. The molecule has 0 aliphatic rings. The zero-order valence-corrected chi connectivity index (χ0v) is 22.1. The van der Waals surface area contributed by atoms with E-state index in [1.165, 1.54) is 48.9 Å². The number of nitrogens with zero attached hydrogens (tertiary/aromatic N) is 2. The van der Waals surface area contributed by atoms with E-state index in [1.54, 1.807) is 6.26 Å². The van der Waals surface area contributed by atoms with E-state index in [1.807, 2.05) is 18.2 Å². The number of benzene rings is 5. The summed E-state index contributed by atoms with van der Waals surface area (Å²) in [6.45, 7) is 6.29. The van der Waals surface area contributed by atoms with Crippen LogP contribution >= 0.6 is 0 Å². The highest BCUT2D eigenvalue weighted by atomic mass is 16.3. The molecule has 40 heavy (non-hydrogen) atoms. The zero-order valence-electron chi connectivity index (χ0n) is 22.1. The quantitative estimate of drug-likeness (QED) is 0.169. The maximum absolute atomic E-state index is 5.83. The van der Waals surface area contributed by atoms with E-state index in [-0.39, 0.29) is 0 Å². The fourth-order valence-corrected chi connectivity index (χ4v) is 6.48. The number of hydrogen-bond acceptors (Lipinski definition) is 1. The number of aromatic nitrogens is 2. The molecule has 0 aliphatic carbocycles. The van der Waals surface area contributed by atoms with Gasteiger partial charge in [-0.3, -0.25) is 0 Å². The van der Waals surface area contributed by atoms with Gasteiger partial charge in [-0.1, -0.05) is 79.4 Å². The first kappa shape index (κ1) is 22.7. The first-order chi connectivity index (χ1) is 19.8. The van der Waals surface area contributed by atoms with E-state index in [9.17, 15) is 0 Å². The van der Waals surface area contributed by atoms with Crippen molar-refractivity contribution in [1.29, 1.82) is 0 Å². The van der Waals surface area contributed by atoms with Crippen molar-refractivity contribution >= 4 is 60.1 Å². The Morgan fingerprint density at radius 1 is 0.675 bits per heavy atom. The van der Waals surface area contributed by atoms with Gasteiger partial charge < -0.3 is 13.6 Å². The zero-order chi connectivity index (χ0) is 26.8. The Morgan fingerprint density at radius 2 is 1.38 bits per heavy atom. The van der Waals surface area contributed by atoms with Crippen molar-refractivity contribution < 1.29 is 4.42 Å².